The molecule has 0 saturated carbocycles. The first kappa shape index (κ1) is 17.0. The van der Waals surface area contributed by atoms with E-state index >= 15 is 0 Å². The average Bonchev–Trinajstić information content (AvgIpc) is 3.38. The summed E-state index contributed by atoms with van der Waals surface area (Å²) < 4.78 is 21.9. The molecule has 1 aliphatic heterocycles. The van der Waals surface area contributed by atoms with E-state index in [1.165, 1.54) is 22.7 Å². The molecule has 26 heavy (non-hydrogen) atoms. The van der Waals surface area contributed by atoms with Crippen molar-refractivity contribution in [1.29, 1.82) is 0 Å². The van der Waals surface area contributed by atoms with Gasteiger partial charge >= 0.3 is 11.9 Å². The number of rotatable bonds is 2. The topological polar surface area (TPSA) is 75.0 Å². The van der Waals surface area contributed by atoms with Gasteiger partial charge < -0.3 is 18.6 Å². The number of thiophene rings is 2. The molecule has 0 aliphatic carbocycles. The Morgan fingerprint density at radius 2 is 1.23 bits per heavy atom. The normalized spacial score (nSPS) is 15.7. The minimum atomic E-state index is -0.627. The average molecular weight is 390 g/mol. The molecule has 0 aromatic carbocycles. The molecule has 0 amide bonds. The predicted octanol–water partition coefficient (Wildman–Crippen LogP) is 4.08. The SMILES string of the molecule is O=C1OCCOCCOC(=O)c2c(-c3cccs3)oc(-c3cccs3)c21. The van der Waals surface area contributed by atoms with Gasteiger partial charge in [-0.3, -0.25) is 0 Å². The van der Waals surface area contributed by atoms with Crippen molar-refractivity contribution in [3.63, 3.8) is 0 Å². The Morgan fingerprint density at radius 3 is 1.65 bits per heavy atom. The van der Waals surface area contributed by atoms with Crippen LogP contribution in [0.4, 0.5) is 0 Å². The Hall–Kier alpha value is -2.42. The van der Waals surface area contributed by atoms with E-state index in [1.807, 2.05) is 35.0 Å². The van der Waals surface area contributed by atoms with Crippen molar-refractivity contribution in [2.75, 3.05) is 26.4 Å². The van der Waals surface area contributed by atoms with E-state index in [4.69, 9.17) is 18.6 Å². The van der Waals surface area contributed by atoms with Crippen LogP contribution in [-0.2, 0) is 14.2 Å². The summed E-state index contributed by atoms with van der Waals surface area (Å²) in [6.07, 6.45) is 0. The molecule has 0 unspecified atom stereocenters. The first-order valence-corrected chi connectivity index (χ1v) is 9.68. The van der Waals surface area contributed by atoms with Crippen LogP contribution in [0, 0.1) is 0 Å². The first-order chi connectivity index (χ1) is 12.8. The minimum Gasteiger partial charge on any atom is -0.460 e. The summed E-state index contributed by atoms with van der Waals surface area (Å²) in [4.78, 5) is 27.0. The third-order valence-electron chi connectivity index (χ3n) is 3.73. The van der Waals surface area contributed by atoms with Gasteiger partial charge in [-0.25, -0.2) is 9.59 Å². The Bertz CT molecular complexity index is 835. The number of carbonyl (C=O) groups is 2. The summed E-state index contributed by atoms with van der Waals surface area (Å²) in [6, 6.07) is 7.36. The number of hydrogen-bond acceptors (Lipinski definition) is 8. The maximum Gasteiger partial charge on any atom is 0.343 e. The molecule has 0 N–H and O–H groups in total. The van der Waals surface area contributed by atoms with Crippen molar-refractivity contribution < 1.29 is 28.2 Å². The van der Waals surface area contributed by atoms with Crippen molar-refractivity contribution in [1.82, 2.24) is 0 Å². The van der Waals surface area contributed by atoms with E-state index in [2.05, 4.69) is 0 Å². The molecule has 0 saturated heterocycles. The van der Waals surface area contributed by atoms with Gasteiger partial charge in [-0.15, -0.1) is 22.7 Å². The smallest absolute Gasteiger partial charge is 0.343 e. The van der Waals surface area contributed by atoms with Crippen molar-refractivity contribution in [2.45, 2.75) is 0 Å². The van der Waals surface area contributed by atoms with Crippen LogP contribution >= 0.6 is 22.7 Å². The molecule has 4 heterocycles. The van der Waals surface area contributed by atoms with Crippen molar-refractivity contribution in [2.24, 2.45) is 0 Å². The molecular formula is C18H14O6S2. The Kier molecular flexibility index (Phi) is 4.87. The molecule has 0 fully saturated rings. The molecule has 3 aromatic rings. The molecule has 3 aromatic heterocycles. The van der Waals surface area contributed by atoms with Crippen LogP contribution in [0.25, 0.3) is 21.3 Å². The second-order valence-corrected chi connectivity index (χ2v) is 7.24. The molecule has 0 spiro atoms. The highest BCUT2D eigenvalue weighted by Gasteiger charge is 2.34. The molecule has 0 bridgehead atoms. The molecule has 4 rings (SSSR count). The molecule has 0 radical (unpaired) electrons. The van der Waals surface area contributed by atoms with Gasteiger partial charge in [0.05, 0.1) is 23.0 Å². The second-order valence-electron chi connectivity index (χ2n) is 5.35. The van der Waals surface area contributed by atoms with E-state index in [0.29, 0.717) is 11.5 Å². The Labute approximate surface area is 156 Å². The summed E-state index contributed by atoms with van der Waals surface area (Å²) >= 11 is 2.83. The summed E-state index contributed by atoms with van der Waals surface area (Å²) in [7, 11) is 0. The first-order valence-electron chi connectivity index (χ1n) is 7.92. The fourth-order valence-electron chi connectivity index (χ4n) is 2.62. The van der Waals surface area contributed by atoms with E-state index < -0.39 is 11.9 Å². The van der Waals surface area contributed by atoms with E-state index in [-0.39, 0.29) is 37.6 Å². The van der Waals surface area contributed by atoms with Crippen LogP contribution in [0.5, 0.6) is 0 Å². The van der Waals surface area contributed by atoms with E-state index in [9.17, 15) is 9.59 Å². The fourth-order valence-corrected chi connectivity index (χ4v) is 4.04. The third kappa shape index (κ3) is 3.18. The predicted molar refractivity (Wildman–Crippen MR) is 96.7 cm³/mol. The Morgan fingerprint density at radius 1 is 0.731 bits per heavy atom. The van der Waals surface area contributed by atoms with Gasteiger partial charge in [0.15, 0.2) is 11.5 Å². The lowest BCUT2D eigenvalue weighted by Crippen LogP contribution is -2.14. The largest absolute Gasteiger partial charge is 0.460 e. The maximum absolute atomic E-state index is 12.7. The summed E-state index contributed by atoms with van der Waals surface area (Å²) in [5.41, 5.74) is 0.200. The summed E-state index contributed by atoms with van der Waals surface area (Å²) in [6.45, 7) is 0.664. The van der Waals surface area contributed by atoms with Crippen LogP contribution in [0.15, 0.2) is 39.4 Å². The van der Waals surface area contributed by atoms with Gasteiger partial charge in [-0.05, 0) is 22.9 Å². The van der Waals surface area contributed by atoms with Crippen molar-refractivity contribution >= 4 is 34.6 Å². The molecule has 1 aliphatic rings. The quantitative estimate of drug-likeness (QED) is 0.614. The monoisotopic (exact) mass is 390 g/mol. The number of ether oxygens (including phenoxy) is 3. The van der Waals surface area contributed by atoms with Crippen molar-refractivity contribution in [3.05, 3.63) is 46.2 Å². The van der Waals surface area contributed by atoms with Crippen LogP contribution in [-0.4, -0.2) is 38.4 Å². The zero-order valence-electron chi connectivity index (χ0n) is 13.6. The summed E-state index contributed by atoms with van der Waals surface area (Å²) in [5.74, 6) is -0.615. The van der Waals surface area contributed by atoms with E-state index in [0.717, 1.165) is 9.75 Å². The number of carbonyl (C=O) groups excluding carboxylic acids is 2. The van der Waals surface area contributed by atoms with Gasteiger partial charge in [-0.1, -0.05) is 12.1 Å². The minimum absolute atomic E-state index is 0.0931. The van der Waals surface area contributed by atoms with Crippen LogP contribution in [0.1, 0.15) is 20.7 Å². The summed E-state index contributed by atoms with van der Waals surface area (Å²) in [5, 5.41) is 3.75. The number of esters is 2. The highest BCUT2D eigenvalue weighted by atomic mass is 32.1. The number of cyclic esters (lactones) is 2. The second kappa shape index (κ2) is 7.45. The van der Waals surface area contributed by atoms with Gasteiger partial charge in [0.25, 0.3) is 0 Å². The van der Waals surface area contributed by atoms with Crippen LogP contribution in [0.2, 0.25) is 0 Å². The van der Waals surface area contributed by atoms with Gasteiger partial charge in [-0.2, -0.15) is 0 Å². The highest BCUT2D eigenvalue weighted by Crippen LogP contribution is 2.41. The van der Waals surface area contributed by atoms with E-state index in [1.54, 1.807) is 0 Å². The lowest BCUT2D eigenvalue weighted by molar-refractivity contribution is 0.0179. The lowest BCUT2D eigenvalue weighted by atomic mass is 10.1. The zero-order valence-corrected chi connectivity index (χ0v) is 15.2. The van der Waals surface area contributed by atoms with Gasteiger partial charge in [0.1, 0.15) is 24.3 Å². The fraction of sp³-hybridized carbons (Fsp3) is 0.222. The number of fused-ring (bicyclic) bond motifs is 1. The lowest BCUT2D eigenvalue weighted by Gasteiger charge is -2.05. The standard InChI is InChI=1S/C18H14O6S2/c19-17-13-14(18(20)23-8-6-21-5-7-22-17)16(12-4-2-10-26-12)24-15(13)11-3-1-9-25-11/h1-4,9-10H,5-8H2. The van der Waals surface area contributed by atoms with Crippen molar-refractivity contribution in [3.8, 4) is 21.3 Å². The van der Waals surface area contributed by atoms with Gasteiger partial charge in [0.2, 0.25) is 0 Å². The van der Waals surface area contributed by atoms with Crippen LogP contribution < -0.4 is 0 Å². The molecular weight excluding hydrogens is 376 g/mol. The molecule has 134 valence electrons. The molecule has 6 nitrogen and oxygen atoms in total. The van der Waals surface area contributed by atoms with Gasteiger partial charge in [0, 0.05) is 0 Å². The third-order valence-corrected chi connectivity index (χ3v) is 5.47. The van der Waals surface area contributed by atoms with Crippen LogP contribution in [0.3, 0.4) is 0 Å². The number of hydrogen-bond donors (Lipinski definition) is 0. The Balaban J connectivity index is 1.93. The number of furan rings is 1. The zero-order chi connectivity index (χ0) is 17.9. The highest BCUT2D eigenvalue weighted by molar-refractivity contribution is 7.14. The molecule has 8 heteroatoms. The molecule has 0 atom stereocenters. The maximum atomic E-state index is 12.7.